The van der Waals surface area contributed by atoms with Crippen molar-refractivity contribution in [1.29, 1.82) is 0 Å². The molecule has 0 atom stereocenters. The maximum atomic E-state index is 12.1. The van der Waals surface area contributed by atoms with Gasteiger partial charge in [0.25, 0.3) is 0 Å². The van der Waals surface area contributed by atoms with E-state index in [4.69, 9.17) is 14.2 Å². The van der Waals surface area contributed by atoms with E-state index in [2.05, 4.69) is 15.8 Å². The van der Waals surface area contributed by atoms with Crippen molar-refractivity contribution in [1.82, 2.24) is 5.43 Å². The van der Waals surface area contributed by atoms with Gasteiger partial charge in [-0.05, 0) is 53.4 Å². The van der Waals surface area contributed by atoms with Crippen LogP contribution in [0.2, 0.25) is 0 Å². The molecule has 32 heavy (non-hydrogen) atoms. The van der Waals surface area contributed by atoms with Crippen LogP contribution in [0.3, 0.4) is 0 Å². The second kappa shape index (κ2) is 10.7. The van der Waals surface area contributed by atoms with Crippen LogP contribution in [0.15, 0.2) is 65.1 Å². The summed E-state index contributed by atoms with van der Waals surface area (Å²) in [6.07, 6.45) is 1.35. The highest BCUT2D eigenvalue weighted by Gasteiger charge is 2.16. The molecule has 2 amide bonds. The molecule has 0 saturated heterocycles. The van der Waals surface area contributed by atoms with Crippen LogP contribution in [-0.4, -0.2) is 38.2 Å². The third-order valence-electron chi connectivity index (χ3n) is 4.05. The topological polar surface area (TPSA) is 115 Å². The minimum Gasteiger partial charge on any atom is -0.497 e. The molecular formula is C22H19N3O6S. The number of hydrogen-bond donors (Lipinski definition) is 2. The van der Waals surface area contributed by atoms with Crippen molar-refractivity contribution >= 4 is 41.0 Å². The average Bonchev–Trinajstić information content (AvgIpc) is 3.35. The van der Waals surface area contributed by atoms with Crippen molar-refractivity contribution in [2.24, 2.45) is 5.10 Å². The predicted molar refractivity (Wildman–Crippen MR) is 120 cm³/mol. The van der Waals surface area contributed by atoms with Crippen LogP contribution in [0, 0.1) is 0 Å². The zero-order chi connectivity index (χ0) is 22.9. The number of nitrogens with zero attached hydrogens (tertiary/aromatic N) is 1. The number of rotatable bonds is 7. The van der Waals surface area contributed by atoms with Gasteiger partial charge < -0.3 is 19.5 Å². The minimum absolute atomic E-state index is 0.281. The lowest BCUT2D eigenvalue weighted by Gasteiger charge is -2.11. The van der Waals surface area contributed by atoms with E-state index in [-0.39, 0.29) is 5.69 Å². The first kappa shape index (κ1) is 22.5. The van der Waals surface area contributed by atoms with Crippen molar-refractivity contribution in [3.05, 3.63) is 70.4 Å². The Morgan fingerprint density at radius 2 is 1.69 bits per heavy atom. The SMILES string of the molecule is COc1ccc(OC)c(NC(=O)C(=O)NN=Cc2ccc(OC(=O)c3cccs3)cc2)c1. The van der Waals surface area contributed by atoms with E-state index in [1.165, 1.54) is 37.8 Å². The Morgan fingerprint density at radius 1 is 0.938 bits per heavy atom. The minimum atomic E-state index is -0.965. The highest BCUT2D eigenvalue weighted by atomic mass is 32.1. The summed E-state index contributed by atoms with van der Waals surface area (Å²) >= 11 is 1.29. The van der Waals surface area contributed by atoms with E-state index in [1.807, 2.05) is 0 Å². The number of anilines is 1. The van der Waals surface area contributed by atoms with Crippen molar-refractivity contribution in [2.45, 2.75) is 0 Å². The molecule has 0 saturated carbocycles. The van der Waals surface area contributed by atoms with E-state index >= 15 is 0 Å². The number of carbonyl (C=O) groups excluding carboxylic acids is 3. The van der Waals surface area contributed by atoms with E-state index in [0.29, 0.717) is 27.7 Å². The maximum Gasteiger partial charge on any atom is 0.353 e. The molecule has 0 radical (unpaired) electrons. The van der Waals surface area contributed by atoms with Gasteiger partial charge in [0.2, 0.25) is 0 Å². The number of amides is 2. The molecule has 0 aliphatic carbocycles. The summed E-state index contributed by atoms with van der Waals surface area (Å²) in [6.45, 7) is 0. The highest BCUT2D eigenvalue weighted by Crippen LogP contribution is 2.28. The number of ether oxygens (including phenoxy) is 3. The molecule has 2 aromatic carbocycles. The van der Waals surface area contributed by atoms with Gasteiger partial charge in [0.1, 0.15) is 22.1 Å². The molecular weight excluding hydrogens is 434 g/mol. The van der Waals surface area contributed by atoms with E-state index in [9.17, 15) is 14.4 Å². The quantitative estimate of drug-likeness (QED) is 0.187. The van der Waals surface area contributed by atoms with E-state index in [0.717, 1.165) is 0 Å². The van der Waals surface area contributed by atoms with Crippen molar-refractivity contribution in [3.63, 3.8) is 0 Å². The molecule has 3 aromatic rings. The molecule has 0 aliphatic heterocycles. The first-order chi connectivity index (χ1) is 15.5. The molecule has 0 fully saturated rings. The first-order valence-electron chi connectivity index (χ1n) is 9.22. The molecule has 1 aromatic heterocycles. The van der Waals surface area contributed by atoms with Gasteiger partial charge in [-0.25, -0.2) is 10.2 Å². The summed E-state index contributed by atoms with van der Waals surface area (Å²) < 4.78 is 15.5. The fourth-order valence-corrected chi connectivity index (χ4v) is 3.08. The van der Waals surface area contributed by atoms with Crippen LogP contribution >= 0.6 is 11.3 Å². The normalized spacial score (nSPS) is 10.4. The second-order valence-corrected chi connectivity index (χ2v) is 7.10. The van der Waals surface area contributed by atoms with Crippen molar-refractivity contribution in [3.8, 4) is 17.2 Å². The number of esters is 1. The monoisotopic (exact) mass is 453 g/mol. The van der Waals surface area contributed by atoms with Crippen LogP contribution in [0.1, 0.15) is 15.2 Å². The summed E-state index contributed by atoms with van der Waals surface area (Å²) in [5.74, 6) is -1.10. The van der Waals surface area contributed by atoms with Gasteiger partial charge in [-0.1, -0.05) is 6.07 Å². The Morgan fingerprint density at radius 3 is 2.34 bits per heavy atom. The zero-order valence-corrected chi connectivity index (χ0v) is 18.0. The predicted octanol–water partition coefficient (Wildman–Crippen LogP) is 3.07. The summed E-state index contributed by atoms with van der Waals surface area (Å²) in [5.41, 5.74) is 3.05. The largest absolute Gasteiger partial charge is 0.497 e. The third-order valence-corrected chi connectivity index (χ3v) is 4.90. The second-order valence-electron chi connectivity index (χ2n) is 6.16. The van der Waals surface area contributed by atoms with Gasteiger partial charge in [-0.2, -0.15) is 5.10 Å². The van der Waals surface area contributed by atoms with E-state index < -0.39 is 17.8 Å². The average molecular weight is 453 g/mol. The molecule has 0 spiro atoms. The Labute approximate surface area is 187 Å². The molecule has 3 rings (SSSR count). The van der Waals surface area contributed by atoms with Gasteiger partial charge in [-0.15, -0.1) is 11.3 Å². The smallest absolute Gasteiger partial charge is 0.353 e. The molecule has 2 N–H and O–H groups in total. The zero-order valence-electron chi connectivity index (χ0n) is 17.2. The molecule has 0 unspecified atom stereocenters. The van der Waals surface area contributed by atoms with Gasteiger partial charge in [0.05, 0.1) is 26.1 Å². The van der Waals surface area contributed by atoms with Crippen LogP contribution in [0.5, 0.6) is 17.2 Å². The standard InChI is InChI=1S/C22H19N3O6S/c1-29-16-9-10-18(30-2)17(12-16)24-20(26)21(27)25-23-13-14-5-7-15(8-6-14)31-22(28)19-4-3-11-32-19/h3-13H,1-2H3,(H,24,26)(H,25,27). The summed E-state index contributed by atoms with van der Waals surface area (Å²) in [4.78, 5) is 36.6. The Balaban J connectivity index is 1.53. The Hall–Kier alpha value is -4.18. The number of nitrogens with one attached hydrogen (secondary N) is 2. The first-order valence-corrected chi connectivity index (χ1v) is 10.1. The van der Waals surface area contributed by atoms with Crippen LogP contribution < -0.4 is 25.0 Å². The maximum absolute atomic E-state index is 12.1. The number of hydrogen-bond acceptors (Lipinski definition) is 8. The lowest BCUT2D eigenvalue weighted by molar-refractivity contribution is -0.136. The molecule has 9 nitrogen and oxygen atoms in total. The Kier molecular flexibility index (Phi) is 7.55. The van der Waals surface area contributed by atoms with Gasteiger partial charge in [0.15, 0.2) is 0 Å². The number of benzene rings is 2. The molecule has 0 aliphatic rings. The van der Waals surface area contributed by atoms with Crippen LogP contribution in [-0.2, 0) is 9.59 Å². The molecule has 0 bridgehead atoms. The summed E-state index contributed by atoms with van der Waals surface area (Å²) in [5, 5.41) is 8.00. The molecule has 10 heteroatoms. The fourth-order valence-electron chi connectivity index (χ4n) is 2.48. The number of carbonyl (C=O) groups is 3. The van der Waals surface area contributed by atoms with E-state index in [1.54, 1.807) is 53.9 Å². The highest BCUT2D eigenvalue weighted by molar-refractivity contribution is 7.12. The fraction of sp³-hybridized carbons (Fsp3) is 0.0909. The van der Waals surface area contributed by atoms with Crippen molar-refractivity contribution < 1.29 is 28.6 Å². The summed E-state index contributed by atoms with van der Waals surface area (Å²) in [6, 6.07) is 14.7. The van der Waals surface area contributed by atoms with Gasteiger partial charge in [0, 0.05) is 6.07 Å². The number of thiophene rings is 1. The van der Waals surface area contributed by atoms with Crippen LogP contribution in [0.4, 0.5) is 5.69 Å². The lowest BCUT2D eigenvalue weighted by Crippen LogP contribution is -2.32. The van der Waals surface area contributed by atoms with Crippen LogP contribution in [0.25, 0.3) is 0 Å². The lowest BCUT2D eigenvalue weighted by atomic mass is 10.2. The summed E-state index contributed by atoms with van der Waals surface area (Å²) in [7, 11) is 2.92. The number of hydrazone groups is 1. The number of methoxy groups -OCH3 is 2. The van der Waals surface area contributed by atoms with Gasteiger partial charge >= 0.3 is 17.8 Å². The Bertz CT molecular complexity index is 1130. The van der Waals surface area contributed by atoms with Crippen molar-refractivity contribution in [2.75, 3.05) is 19.5 Å². The van der Waals surface area contributed by atoms with Gasteiger partial charge in [-0.3, -0.25) is 9.59 Å². The third kappa shape index (κ3) is 5.92. The molecule has 164 valence electrons. The molecule has 1 heterocycles.